The molecule has 2 aromatic rings. The first-order chi connectivity index (χ1) is 12.8. The molecule has 1 fully saturated rings. The van der Waals surface area contributed by atoms with Gasteiger partial charge in [-0.25, -0.2) is 4.79 Å². The first-order valence-electron chi connectivity index (χ1n) is 9.52. The fourth-order valence-electron chi connectivity index (χ4n) is 4.38. The zero-order valence-corrected chi connectivity index (χ0v) is 14.9. The van der Waals surface area contributed by atoms with Crippen molar-refractivity contribution in [1.29, 1.82) is 0 Å². The molecular weight excluding hydrogens is 326 g/mol. The van der Waals surface area contributed by atoms with Crippen molar-refractivity contribution in [3.8, 4) is 11.1 Å². The number of amides is 1. The zero-order chi connectivity index (χ0) is 17.9. The molecule has 1 atom stereocenters. The number of likely N-dealkylation sites (tertiary alicyclic amines) is 1. The number of fused-ring (bicyclic) bond motifs is 3. The van der Waals surface area contributed by atoms with Crippen LogP contribution in [0.4, 0.5) is 4.79 Å². The Morgan fingerprint density at radius 3 is 2.38 bits per heavy atom. The van der Waals surface area contributed by atoms with Gasteiger partial charge < -0.3 is 14.7 Å². The summed E-state index contributed by atoms with van der Waals surface area (Å²) in [5.74, 6) is 0.102. The van der Waals surface area contributed by atoms with E-state index in [4.69, 9.17) is 9.84 Å². The summed E-state index contributed by atoms with van der Waals surface area (Å²) >= 11 is 0. The van der Waals surface area contributed by atoms with Crippen LogP contribution in [0.3, 0.4) is 0 Å². The van der Waals surface area contributed by atoms with Crippen LogP contribution >= 0.6 is 0 Å². The number of rotatable bonds is 5. The highest BCUT2D eigenvalue weighted by molar-refractivity contribution is 5.79. The Morgan fingerprint density at radius 2 is 1.73 bits per heavy atom. The van der Waals surface area contributed by atoms with Gasteiger partial charge in [0.15, 0.2) is 0 Å². The Labute approximate surface area is 154 Å². The molecule has 1 aliphatic carbocycles. The molecule has 1 saturated heterocycles. The molecule has 1 unspecified atom stereocenters. The highest BCUT2D eigenvalue weighted by Gasteiger charge is 2.32. The minimum Gasteiger partial charge on any atom is -0.448 e. The number of hydrogen-bond donors (Lipinski definition) is 1. The van der Waals surface area contributed by atoms with Gasteiger partial charge in [0.25, 0.3) is 0 Å². The molecule has 0 radical (unpaired) electrons. The molecular formula is C22H25NO3. The maximum Gasteiger partial charge on any atom is 0.410 e. The molecule has 4 nitrogen and oxygen atoms in total. The fourth-order valence-corrected chi connectivity index (χ4v) is 4.38. The second-order valence-electron chi connectivity index (χ2n) is 7.16. The van der Waals surface area contributed by atoms with E-state index in [9.17, 15) is 4.79 Å². The van der Waals surface area contributed by atoms with Gasteiger partial charge in [-0.05, 0) is 47.9 Å². The first-order valence-corrected chi connectivity index (χ1v) is 9.52. The number of ether oxygens (including phenoxy) is 1. The number of nitrogens with zero attached hydrogens (tertiary/aromatic N) is 1. The van der Waals surface area contributed by atoms with E-state index in [2.05, 4.69) is 36.4 Å². The molecule has 26 heavy (non-hydrogen) atoms. The van der Waals surface area contributed by atoms with Gasteiger partial charge in [-0.1, -0.05) is 48.5 Å². The van der Waals surface area contributed by atoms with Crippen LogP contribution in [0.2, 0.25) is 0 Å². The summed E-state index contributed by atoms with van der Waals surface area (Å²) in [6.07, 6.45) is 3.38. The highest BCUT2D eigenvalue weighted by atomic mass is 16.6. The second kappa shape index (κ2) is 7.50. The van der Waals surface area contributed by atoms with Crippen molar-refractivity contribution < 1.29 is 14.6 Å². The maximum absolute atomic E-state index is 12.6. The second-order valence-corrected chi connectivity index (χ2v) is 7.16. The smallest absolute Gasteiger partial charge is 0.410 e. The van der Waals surface area contributed by atoms with Crippen LogP contribution in [0.1, 0.15) is 42.7 Å². The summed E-state index contributed by atoms with van der Waals surface area (Å²) in [5.41, 5.74) is 4.96. The maximum atomic E-state index is 12.6. The number of aliphatic hydroxyl groups excluding tert-OH is 1. The van der Waals surface area contributed by atoms with Crippen molar-refractivity contribution in [2.75, 3.05) is 19.8 Å². The predicted molar refractivity (Wildman–Crippen MR) is 101 cm³/mol. The molecule has 4 rings (SSSR count). The molecule has 1 N–H and O–H groups in total. The Hall–Kier alpha value is -2.33. The summed E-state index contributed by atoms with van der Waals surface area (Å²) < 4.78 is 5.76. The Balaban J connectivity index is 1.47. The molecule has 0 aromatic heterocycles. The first kappa shape index (κ1) is 17.1. The van der Waals surface area contributed by atoms with Crippen LogP contribution < -0.4 is 0 Å². The van der Waals surface area contributed by atoms with E-state index in [-0.39, 0.29) is 24.7 Å². The zero-order valence-electron chi connectivity index (χ0n) is 14.9. The molecule has 0 saturated carbocycles. The third-order valence-corrected chi connectivity index (χ3v) is 5.64. The Kier molecular flexibility index (Phi) is 4.93. The van der Waals surface area contributed by atoms with Gasteiger partial charge in [0, 0.05) is 25.1 Å². The molecule has 136 valence electrons. The minimum absolute atomic E-state index is 0.102. The van der Waals surface area contributed by atoms with E-state index in [1.807, 2.05) is 17.0 Å². The molecule has 0 spiro atoms. The summed E-state index contributed by atoms with van der Waals surface area (Å²) in [4.78, 5) is 14.5. The summed E-state index contributed by atoms with van der Waals surface area (Å²) in [6.45, 7) is 1.30. The molecule has 1 aliphatic heterocycles. The summed E-state index contributed by atoms with van der Waals surface area (Å²) in [6, 6.07) is 17.0. The Bertz CT molecular complexity index is 743. The van der Waals surface area contributed by atoms with E-state index in [1.54, 1.807) is 0 Å². The van der Waals surface area contributed by atoms with Crippen molar-refractivity contribution in [3.63, 3.8) is 0 Å². The van der Waals surface area contributed by atoms with Gasteiger partial charge in [0.2, 0.25) is 0 Å². The van der Waals surface area contributed by atoms with E-state index >= 15 is 0 Å². The third kappa shape index (κ3) is 3.10. The van der Waals surface area contributed by atoms with Gasteiger partial charge in [-0.3, -0.25) is 0 Å². The van der Waals surface area contributed by atoms with Crippen LogP contribution in [-0.4, -0.2) is 41.9 Å². The quantitative estimate of drug-likeness (QED) is 0.879. The van der Waals surface area contributed by atoms with Gasteiger partial charge in [-0.2, -0.15) is 0 Å². The predicted octanol–water partition coefficient (Wildman–Crippen LogP) is 4.17. The fraction of sp³-hybridized carbons (Fsp3) is 0.409. The lowest BCUT2D eigenvalue weighted by Gasteiger charge is -2.25. The minimum atomic E-state index is -0.215. The van der Waals surface area contributed by atoms with E-state index < -0.39 is 0 Å². The van der Waals surface area contributed by atoms with Crippen molar-refractivity contribution in [1.82, 2.24) is 4.90 Å². The van der Waals surface area contributed by atoms with Crippen LogP contribution in [0.25, 0.3) is 11.1 Å². The number of aliphatic hydroxyl groups is 1. The number of carbonyl (C=O) groups is 1. The van der Waals surface area contributed by atoms with Crippen molar-refractivity contribution in [2.24, 2.45) is 0 Å². The van der Waals surface area contributed by atoms with Crippen molar-refractivity contribution in [2.45, 2.75) is 37.6 Å². The van der Waals surface area contributed by atoms with Crippen LogP contribution in [-0.2, 0) is 4.74 Å². The normalized spacial score (nSPS) is 18.7. The third-order valence-electron chi connectivity index (χ3n) is 5.64. The van der Waals surface area contributed by atoms with Gasteiger partial charge >= 0.3 is 6.09 Å². The number of benzene rings is 2. The summed E-state index contributed by atoms with van der Waals surface area (Å²) in [7, 11) is 0. The molecule has 1 heterocycles. The lowest BCUT2D eigenvalue weighted by Crippen LogP contribution is -2.36. The SMILES string of the molecule is O=C(OCC1c2ccccc2-c2ccccc21)N1CCCC1CCCO. The lowest BCUT2D eigenvalue weighted by molar-refractivity contribution is 0.0929. The summed E-state index contributed by atoms with van der Waals surface area (Å²) in [5, 5.41) is 9.05. The van der Waals surface area contributed by atoms with E-state index in [0.29, 0.717) is 6.61 Å². The average Bonchev–Trinajstić information content (AvgIpc) is 3.27. The van der Waals surface area contributed by atoms with Crippen molar-refractivity contribution in [3.05, 3.63) is 59.7 Å². The molecule has 1 amide bonds. The molecule has 2 aromatic carbocycles. The number of hydrogen-bond acceptors (Lipinski definition) is 3. The molecule has 4 heteroatoms. The topological polar surface area (TPSA) is 49.8 Å². The highest BCUT2D eigenvalue weighted by Crippen LogP contribution is 2.44. The molecule has 2 aliphatic rings. The largest absolute Gasteiger partial charge is 0.448 e. The average molecular weight is 351 g/mol. The Morgan fingerprint density at radius 1 is 1.08 bits per heavy atom. The van der Waals surface area contributed by atoms with Crippen molar-refractivity contribution >= 4 is 6.09 Å². The lowest BCUT2D eigenvalue weighted by atomic mass is 9.98. The van der Waals surface area contributed by atoms with Crippen LogP contribution in [0.15, 0.2) is 48.5 Å². The van der Waals surface area contributed by atoms with Gasteiger partial charge in [0.05, 0.1) is 0 Å². The molecule has 0 bridgehead atoms. The van der Waals surface area contributed by atoms with Crippen LogP contribution in [0.5, 0.6) is 0 Å². The van der Waals surface area contributed by atoms with Gasteiger partial charge in [0.1, 0.15) is 6.61 Å². The van der Waals surface area contributed by atoms with Crippen LogP contribution in [0, 0.1) is 0 Å². The number of carbonyl (C=O) groups excluding carboxylic acids is 1. The monoisotopic (exact) mass is 351 g/mol. The van der Waals surface area contributed by atoms with Gasteiger partial charge in [-0.15, -0.1) is 0 Å². The van der Waals surface area contributed by atoms with E-state index in [0.717, 1.165) is 32.2 Å². The standard InChI is InChI=1S/C22H25NO3/c24-14-6-8-16-7-5-13-23(16)22(25)26-15-21-19-11-3-1-9-17(19)18-10-2-4-12-20(18)21/h1-4,9-12,16,21,24H,5-8,13-15H2. The van der Waals surface area contributed by atoms with E-state index in [1.165, 1.54) is 22.3 Å².